The molecule has 2 heterocycles. The predicted octanol–water partition coefficient (Wildman–Crippen LogP) is 3.52. The van der Waals surface area contributed by atoms with Gasteiger partial charge in [-0.3, -0.25) is 0 Å². The highest BCUT2D eigenvalue weighted by molar-refractivity contribution is 5.61. The van der Waals surface area contributed by atoms with Crippen LogP contribution >= 0.6 is 0 Å². The van der Waals surface area contributed by atoms with Crippen LogP contribution in [0.2, 0.25) is 0 Å². The topological polar surface area (TPSA) is 43.1 Å². The molecule has 0 saturated heterocycles. The van der Waals surface area contributed by atoms with Crippen LogP contribution in [0, 0.1) is 5.82 Å². The van der Waals surface area contributed by atoms with Crippen LogP contribution in [0.4, 0.5) is 4.39 Å². The maximum atomic E-state index is 13.1. The summed E-state index contributed by atoms with van der Waals surface area (Å²) in [7, 11) is 0. The summed E-state index contributed by atoms with van der Waals surface area (Å²) in [4.78, 5) is 8.74. The van der Waals surface area contributed by atoms with Gasteiger partial charge >= 0.3 is 0 Å². The highest BCUT2D eigenvalue weighted by atomic mass is 19.1. The molecule has 0 bridgehead atoms. The summed E-state index contributed by atoms with van der Waals surface area (Å²) in [6, 6.07) is 18.2. The van der Waals surface area contributed by atoms with Crippen LogP contribution in [0.15, 0.2) is 66.9 Å². The quantitative estimate of drug-likeness (QED) is 0.581. The lowest BCUT2D eigenvalue weighted by Crippen LogP contribution is -1.96. The molecule has 5 heteroatoms. The summed E-state index contributed by atoms with van der Waals surface area (Å²) in [6.45, 7) is 0. The molecule has 0 spiro atoms. The summed E-state index contributed by atoms with van der Waals surface area (Å²) in [5.41, 5.74) is 2.85. The van der Waals surface area contributed by atoms with Gasteiger partial charge < -0.3 is 0 Å². The van der Waals surface area contributed by atoms with Gasteiger partial charge in [-0.05, 0) is 35.9 Å². The maximum Gasteiger partial charge on any atom is 0.252 e. The molecule has 0 saturated carbocycles. The van der Waals surface area contributed by atoms with Gasteiger partial charge in [0.1, 0.15) is 5.82 Å². The fourth-order valence-corrected chi connectivity index (χ4v) is 2.53. The summed E-state index contributed by atoms with van der Waals surface area (Å²) in [5, 5.41) is 4.56. The van der Waals surface area contributed by atoms with Gasteiger partial charge in [-0.15, -0.1) is 5.10 Å². The Morgan fingerprint density at radius 2 is 1.70 bits per heavy atom. The number of hydrogen-bond donors (Lipinski definition) is 0. The van der Waals surface area contributed by atoms with Gasteiger partial charge in [0.15, 0.2) is 5.82 Å². The third-order valence-corrected chi connectivity index (χ3v) is 3.63. The van der Waals surface area contributed by atoms with Gasteiger partial charge in [-0.25, -0.2) is 9.37 Å². The summed E-state index contributed by atoms with van der Waals surface area (Å²) < 4.78 is 14.8. The Morgan fingerprint density at radius 3 is 2.48 bits per heavy atom. The lowest BCUT2D eigenvalue weighted by Gasteiger charge is -2.03. The number of hydrogen-bond acceptors (Lipinski definition) is 3. The first kappa shape index (κ1) is 13.6. The molecule has 4 nitrogen and oxygen atoms in total. The van der Waals surface area contributed by atoms with Gasteiger partial charge in [0.25, 0.3) is 5.78 Å². The molecule has 4 rings (SSSR count). The number of benzene rings is 2. The van der Waals surface area contributed by atoms with Crippen LogP contribution in [0.25, 0.3) is 17.0 Å². The van der Waals surface area contributed by atoms with E-state index in [4.69, 9.17) is 0 Å². The van der Waals surface area contributed by atoms with Crippen molar-refractivity contribution in [3.63, 3.8) is 0 Å². The number of rotatable bonds is 3. The lowest BCUT2D eigenvalue weighted by atomic mass is 10.1. The second kappa shape index (κ2) is 5.61. The zero-order valence-corrected chi connectivity index (χ0v) is 12.2. The second-order valence-electron chi connectivity index (χ2n) is 5.24. The molecule has 4 aromatic rings. The Hall–Kier alpha value is -3.08. The molecule has 112 valence electrons. The minimum absolute atomic E-state index is 0.262. The molecular formula is C18H13FN4. The number of nitrogens with zero attached hydrogens (tertiary/aromatic N) is 4. The van der Waals surface area contributed by atoms with Crippen molar-refractivity contribution in [2.75, 3.05) is 0 Å². The van der Waals surface area contributed by atoms with E-state index in [1.54, 1.807) is 22.8 Å². The van der Waals surface area contributed by atoms with Crippen molar-refractivity contribution in [3.8, 4) is 11.3 Å². The lowest BCUT2D eigenvalue weighted by molar-refractivity contribution is 0.628. The van der Waals surface area contributed by atoms with E-state index in [-0.39, 0.29) is 5.82 Å². The van der Waals surface area contributed by atoms with Crippen LogP contribution in [0.5, 0.6) is 0 Å². The average Bonchev–Trinajstić information content (AvgIpc) is 2.99. The second-order valence-corrected chi connectivity index (χ2v) is 5.24. The Kier molecular flexibility index (Phi) is 3.31. The van der Waals surface area contributed by atoms with Crippen molar-refractivity contribution in [2.45, 2.75) is 6.42 Å². The van der Waals surface area contributed by atoms with E-state index < -0.39 is 0 Å². The minimum Gasteiger partial charge on any atom is -0.220 e. The Labute approximate surface area is 132 Å². The normalized spacial score (nSPS) is 11.0. The molecule has 0 aliphatic carbocycles. The van der Waals surface area contributed by atoms with Gasteiger partial charge in [-0.1, -0.05) is 30.3 Å². The van der Waals surface area contributed by atoms with Crippen LogP contribution in [-0.2, 0) is 6.42 Å². The summed E-state index contributed by atoms with van der Waals surface area (Å²) >= 11 is 0. The first-order valence-corrected chi connectivity index (χ1v) is 7.30. The minimum atomic E-state index is -0.262. The smallest absolute Gasteiger partial charge is 0.220 e. The van der Waals surface area contributed by atoms with E-state index in [2.05, 4.69) is 15.1 Å². The molecule has 23 heavy (non-hydrogen) atoms. The Bertz CT molecular complexity index is 946. The maximum absolute atomic E-state index is 13.1. The van der Waals surface area contributed by atoms with Gasteiger partial charge in [0.2, 0.25) is 0 Å². The number of fused-ring (bicyclic) bond motifs is 1. The van der Waals surface area contributed by atoms with E-state index in [1.807, 2.05) is 36.4 Å². The zero-order chi connectivity index (χ0) is 15.6. The van der Waals surface area contributed by atoms with E-state index >= 15 is 0 Å². The fraction of sp³-hybridized carbons (Fsp3) is 0.0556. The van der Waals surface area contributed by atoms with Crippen LogP contribution in [0.1, 0.15) is 11.4 Å². The van der Waals surface area contributed by atoms with Crippen molar-refractivity contribution in [3.05, 3.63) is 84.1 Å². The van der Waals surface area contributed by atoms with Gasteiger partial charge in [0.05, 0.1) is 5.69 Å². The number of halogens is 1. The molecule has 0 atom stereocenters. The molecule has 0 N–H and O–H groups in total. The highest BCUT2D eigenvalue weighted by Crippen LogP contribution is 2.19. The monoisotopic (exact) mass is 304 g/mol. The predicted molar refractivity (Wildman–Crippen MR) is 85.4 cm³/mol. The molecule has 0 unspecified atom stereocenters. The van der Waals surface area contributed by atoms with E-state index in [1.165, 1.54) is 12.1 Å². The summed E-state index contributed by atoms with van der Waals surface area (Å²) in [6.07, 6.45) is 2.34. The standard InChI is InChI=1S/C18H13FN4/c19-15-8-6-14(7-9-15)16-10-11-20-18-21-17(22-23(16)18)12-13-4-2-1-3-5-13/h1-11H,12H2. The fourth-order valence-electron chi connectivity index (χ4n) is 2.53. The third kappa shape index (κ3) is 2.68. The average molecular weight is 304 g/mol. The molecule has 0 fully saturated rings. The van der Waals surface area contributed by atoms with Crippen LogP contribution in [0.3, 0.4) is 0 Å². The third-order valence-electron chi connectivity index (χ3n) is 3.63. The Morgan fingerprint density at radius 1 is 0.913 bits per heavy atom. The van der Waals surface area contributed by atoms with Crippen molar-refractivity contribution in [1.29, 1.82) is 0 Å². The highest BCUT2D eigenvalue weighted by Gasteiger charge is 2.10. The molecular weight excluding hydrogens is 291 g/mol. The molecule has 0 radical (unpaired) electrons. The van der Waals surface area contributed by atoms with Crippen molar-refractivity contribution >= 4 is 5.78 Å². The van der Waals surface area contributed by atoms with Gasteiger partial charge in [-0.2, -0.15) is 9.50 Å². The SMILES string of the molecule is Fc1ccc(-c2ccnc3nc(Cc4ccccc4)nn23)cc1. The van der Waals surface area contributed by atoms with Crippen molar-refractivity contribution in [2.24, 2.45) is 0 Å². The molecule has 2 aromatic heterocycles. The first-order valence-electron chi connectivity index (χ1n) is 7.30. The summed E-state index contributed by atoms with van der Waals surface area (Å²) in [5.74, 6) is 0.985. The molecule has 0 aliphatic heterocycles. The van der Waals surface area contributed by atoms with E-state index in [0.29, 0.717) is 18.0 Å². The van der Waals surface area contributed by atoms with Gasteiger partial charge in [0, 0.05) is 18.2 Å². The van der Waals surface area contributed by atoms with Crippen molar-refractivity contribution in [1.82, 2.24) is 19.6 Å². The largest absolute Gasteiger partial charge is 0.252 e. The molecule has 2 aromatic carbocycles. The Balaban J connectivity index is 1.77. The molecule has 0 aliphatic rings. The van der Waals surface area contributed by atoms with E-state index in [0.717, 1.165) is 16.8 Å². The van der Waals surface area contributed by atoms with E-state index in [9.17, 15) is 4.39 Å². The molecule has 0 amide bonds. The van der Waals surface area contributed by atoms with Crippen molar-refractivity contribution < 1.29 is 4.39 Å². The van der Waals surface area contributed by atoms with Crippen LogP contribution < -0.4 is 0 Å². The first-order chi connectivity index (χ1) is 11.3. The number of aromatic nitrogens is 4. The zero-order valence-electron chi connectivity index (χ0n) is 12.2. The van der Waals surface area contributed by atoms with Crippen LogP contribution in [-0.4, -0.2) is 19.6 Å².